The maximum absolute atomic E-state index is 4.28. The minimum Gasteiger partial charge on any atom is -0.317 e. The molecule has 0 aliphatic carbocycles. The van der Waals surface area contributed by atoms with E-state index in [2.05, 4.69) is 16.6 Å². The molecule has 4 heteroatoms. The number of thiazole rings is 1. The smallest absolute Gasteiger partial charge is 0.0940 e. The molecule has 74 valence electrons. The number of rotatable bonds is 6. The Hall–Kier alpha value is -0.0600. The van der Waals surface area contributed by atoms with Gasteiger partial charge in [0.15, 0.2) is 0 Å². The highest BCUT2D eigenvalue weighted by molar-refractivity contribution is 7.98. The molecule has 0 aliphatic heterocycles. The summed E-state index contributed by atoms with van der Waals surface area (Å²) in [5.74, 6) is 1.22. The Balaban J connectivity index is 2.31. The van der Waals surface area contributed by atoms with E-state index < -0.39 is 0 Å². The average molecular weight is 216 g/mol. The van der Waals surface area contributed by atoms with Gasteiger partial charge in [-0.2, -0.15) is 11.8 Å². The third-order valence-electron chi connectivity index (χ3n) is 1.98. The van der Waals surface area contributed by atoms with Crippen LogP contribution in [0.2, 0.25) is 0 Å². The fourth-order valence-electron chi connectivity index (χ4n) is 1.17. The highest BCUT2D eigenvalue weighted by atomic mass is 32.2. The summed E-state index contributed by atoms with van der Waals surface area (Å²) in [4.78, 5) is 4.28. The molecule has 13 heavy (non-hydrogen) atoms. The van der Waals surface area contributed by atoms with Gasteiger partial charge in [0.05, 0.1) is 5.01 Å². The van der Waals surface area contributed by atoms with Crippen molar-refractivity contribution < 1.29 is 0 Å². The van der Waals surface area contributed by atoms with Crippen LogP contribution in [-0.4, -0.2) is 30.1 Å². The first-order valence-electron chi connectivity index (χ1n) is 4.41. The van der Waals surface area contributed by atoms with Crippen LogP contribution in [0.25, 0.3) is 0 Å². The second-order valence-electron chi connectivity index (χ2n) is 2.90. The maximum atomic E-state index is 4.28. The van der Waals surface area contributed by atoms with Gasteiger partial charge in [0.1, 0.15) is 0 Å². The molecular weight excluding hydrogens is 200 g/mol. The predicted molar refractivity (Wildman–Crippen MR) is 61.7 cm³/mol. The molecule has 1 aromatic heterocycles. The minimum absolute atomic E-state index is 0.582. The first-order chi connectivity index (χ1) is 6.36. The van der Waals surface area contributed by atoms with Crippen molar-refractivity contribution in [2.45, 2.75) is 18.9 Å². The standard InChI is InChI=1S/C9H16N2S2/c1-10-8(3-5-12-2)7-9-11-4-6-13-9/h4,6,8,10H,3,5,7H2,1-2H3. The normalized spacial score (nSPS) is 13.1. The van der Waals surface area contributed by atoms with E-state index in [0.29, 0.717) is 6.04 Å². The van der Waals surface area contributed by atoms with E-state index in [-0.39, 0.29) is 0 Å². The number of nitrogens with one attached hydrogen (secondary N) is 1. The molecule has 0 aliphatic rings. The van der Waals surface area contributed by atoms with E-state index in [9.17, 15) is 0 Å². The molecule has 0 bridgehead atoms. The summed E-state index contributed by atoms with van der Waals surface area (Å²) >= 11 is 3.64. The number of aromatic nitrogens is 1. The van der Waals surface area contributed by atoms with Gasteiger partial charge in [-0.25, -0.2) is 4.98 Å². The number of thioether (sulfide) groups is 1. The van der Waals surface area contributed by atoms with Crippen molar-refractivity contribution in [3.63, 3.8) is 0 Å². The maximum Gasteiger partial charge on any atom is 0.0940 e. The second kappa shape index (κ2) is 6.40. The lowest BCUT2D eigenvalue weighted by molar-refractivity contribution is 0.546. The van der Waals surface area contributed by atoms with Crippen LogP contribution in [0.3, 0.4) is 0 Å². The van der Waals surface area contributed by atoms with Crippen LogP contribution in [0.5, 0.6) is 0 Å². The van der Waals surface area contributed by atoms with E-state index in [0.717, 1.165) is 6.42 Å². The van der Waals surface area contributed by atoms with Crippen molar-refractivity contribution in [1.29, 1.82) is 0 Å². The van der Waals surface area contributed by atoms with E-state index in [4.69, 9.17) is 0 Å². The number of likely N-dealkylation sites (N-methyl/N-ethyl adjacent to an activating group) is 1. The molecule has 1 atom stereocenters. The van der Waals surface area contributed by atoms with Crippen LogP contribution < -0.4 is 5.32 Å². The van der Waals surface area contributed by atoms with Crippen LogP contribution in [0.1, 0.15) is 11.4 Å². The lowest BCUT2D eigenvalue weighted by Crippen LogP contribution is -2.28. The first-order valence-corrected chi connectivity index (χ1v) is 6.68. The predicted octanol–water partition coefficient (Wildman–Crippen LogP) is 2.03. The van der Waals surface area contributed by atoms with Gasteiger partial charge in [-0.05, 0) is 25.5 Å². The molecule has 0 saturated heterocycles. The Morgan fingerprint density at radius 3 is 3.08 bits per heavy atom. The molecule has 0 spiro atoms. The Kier molecular flexibility index (Phi) is 5.43. The van der Waals surface area contributed by atoms with E-state index >= 15 is 0 Å². The van der Waals surface area contributed by atoms with Gasteiger partial charge in [0, 0.05) is 24.0 Å². The number of hydrogen-bond donors (Lipinski definition) is 1. The Labute approximate surface area is 88.2 Å². The molecule has 2 nitrogen and oxygen atoms in total. The van der Waals surface area contributed by atoms with Crippen molar-refractivity contribution in [2.75, 3.05) is 19.1 Å². The van der Waals surface area contributed by atoms with Crippen molar-refractivity contribution in [3.8, 4) is 0 Å². The third-order valence-corrected chi connectivity index (χ3v) is 3.43. The fraction of sp³-hybridized carbons (Fsp3) is 0.667. The second-order valence-corrected chi connectivity index (χ2v) is 4.86. The highest BCUT2D eigenvalue weighted by Crippen LogP contribution is 2.10. The van der Waals surface area contributed by atoms with Crippen molar-refractivity contribution in [2.24, 2.45) is 0 Å². The van der Waals surface area contributed by atoms with Gasteiger partial charge in [0.2, 0.25) is 0 Å². The number of hydrogen-bond acceptors (Lipinski definition) is 4. The zero-order chi connectivity index (χ0) is 9.52. The molecule has 1 unspecified atom stereocenters. The topological polar surface area (TPSA) is 24.9 Å². The van der Waals surface area contributed by atoms with Gasteiger partial charge < -0.3 is 5.32 Å². The molecule has 0 amide bonds. The molecule has 1 N–H and O–H groups in total. The van der Waals surface area contributed by atoms with Crippen LogP contribution in [0.4, 0.5) is 0 Å². The van der Waals surface area contributed by atoms with Crippen LogP contribution in [0, 0.1) is 0 Å². The Bertz CT molecular complexity index is 211. The van der Waals surface area contributed by atoms with Crippen LogP contribution in [0.15, 0.2) is 11.6 Å². The quantitative estimate of drug-likeness (QED) is 0.787. The fourth-order valence-corrected chi connectivity index (χ4v) is 2.39. The minimum atomic E-state index is 0.582. The average Bonchev–Trinajstić information content (AvgIpc) is 2.64. The molecule has 0 fully saturated rings. The van der Waals surface area contributed by atoms with Crippen molar-refractivity contribution in [1.82, 2.24) is 10.3 Å². The Morgan fingerprint density at radius 1 is 1.69 bits per heavy atom. The van der Waals surface area contributed by atoms with Gasteiger partial charge in [-0.3, -0.25) is 0 Å². The zero-order valence-electron chi connectivity index (χ0n) is 8.12. The summed E-state index contributed by atoms with van der Waals surface area (Å²) in [5.41, 5.74) is 0. The van der Waals surface area contributed by atoms with E-state index in [1.807, 2.05) is 30.4 Å². The lowest BCUT2D eigenvalue weighted by atomic mass is 10.1. The SMILES string of the molecule is CNC(CCSC)Cc1nccs1. The highest BCUT2D eigenvalue weighted by Gasteiger charge is 2.07. The van der Waals surface area contributed by atoms with E-state index in [1.54, 1.807) is 11.3 Å². The van der Waals surface area contributed by atoms with Crippen LogP contribution >= 0.6 is 23.1 Å². The molecule has 1 aromatic rings. The van der Waals surface area contributed by atoms with Crippen molar-refractivity contribution in [3.05, 3.63) is 16.6 Å². The third kappa shape index (κ3) is 4.11. The summed E-state index contributed by atoms with van der Waals surface area (Å²) < 4.78 is 0. The Morgan fingerprint density at radius 2 is 2.54 bits per heavy atom. The largest absolute Gasteiger partial charge is 0.317 e. The molecular formula is C9H16N2S2. The molecule has 0 saturated carbocycles. The monoisotopic (exact) mass is 216 g/mol. The molecule has 0 aromatic carbocycles. The lowest BCUT2D eigenvalue weighted by Gasteiger charge is -2.13. The van der Waals surface area contributed by atoms with Gasteiger partial charge in [0.25, 0.3) is 0 Å². The molecule has 1 rings (SSSR count). The summed E-state index contributed by atoms with van der Waals surface area (Å²) in [6, 6.07) is 0.582. The van der Waals surface area contributed by atoms with Crippen molar-refractivity contribution >= 4 is 23.1 Å². The summed E-state index contributed by atoms with van der Waals surface area (Å²) in [7, 11) is 2.03. The van der Waals surface area contributed by atoms with Gasteiger partial charge in [-0.1, -0.05) is 0 Å². The molecule has 1 heterocycles. The summed E-state index contributed by atoms with van der Waals surface area (Å²) in [5, 5.41) is 6.60. The molecule has 0 radical (unpaired) electrons. The first kappa shape index (κ1) is 11.0. The van der Waals surface area contributed by atoms with Crippen LogP contribution in [-0.2, 0) is 6.42 Å². The number of nitrogens with zero attached hydrogens (tertiary/aromatic N) is 1. The van der Waals surface area contributed by atoms with Gasteiger partial charge in [-0.15, -0.1) is 11.3 Å². The zero-order valence-corrected chi connectivity index (χ0v) is 9.75. The summed E-state index contributed by atoms with van der Waals surface area (Å²) in [6.07, 6.45) is 6.31. The van der Waals surface area contributed by atoms with E-state index in [1.165, 1.54) is 17.2 Å². The van der Waals surface area contributed by atoms with Gasteiger partial charge >= 0.3 is 0 Å². The summed E-state index contributed by atoms with van der Waals surface area (Å²) in [6.45, 7) is 0.